The van der Waals surface area contributed by atoms with Gasteiger partial charge in [0, 0.05) is 19.4 Å². The van der Waals surface area contributed by atoms with Crippen LogP contribution in [0.15, 0.2) is 21.9 Å². The smallest absolute Gasteiger partial charge is 0.346 e. The molecule has 1 aromatic rings. The van der Waals surface area contributed by atoms with Crippen molar-refractivity contribution in [3.63, 3.8) is 0 Å². The van der Waals surface area contributed by atoms with Gasteiger partial charge >= 0.3 is 13.3 Å². The predicted octanol–water partition coefficient (Wildman–Crippen LogP) is 0.615. The number of ether oxygens (including phenoxy) is 2. The van der Waals surface area contributed by atoms with Crippen molar-refractivity contribution >= 4 is 17.4 Å². The van der Waals surface area contributed by atoms with Crippen LogP contribution >= 0.6 is 7.60 Å². The average Bonchev–Trinajstić information content (AvgIpc) is 2.93. The highest BCUT2D eigenvalue weighted by molar-refractivity contribution is 7.97. The van der Waals surface area contributed by atoms with Crippen LogP contribution in [-0.4, -0.2) is 72.0 Å². The Labute approximate surface area is 186 Å². The van der Waals surface area contributed by atoms with Crippen LogP contribution in [0.3, 0.4) is 0 Å². The van der Waals surface area contributed by atoms with Crippen molar-refractivity contribution < 1.29 is 36.6 Å². The summed E-state index contributed by atoms with van der Waals surface area (Å²) in [5.74, 6) is -0.467. The van der Waals surface area contributed by atoms with Gasteiger partial charge in [-0.2, -0.15) is 0 Å². The first-order chi connectivity index (χ1) is 14.8. The van der Waals surface area contributed by atoms with Crippen LogP contribution in [0.2, 0.25) is 0 Å². The number of methoxy groups -OCH3 is 1. The fourth-order valence-electron chi connectivity index (χ4n) is 3.39. The van der Waals surface area contributed by atoms with Gasteiger partial charge in [0.1, 0.15) is 12.2 Å². The number of rotatable bonds is 11. The first kappa shape index (κ1) is 26.9. The Balaban J connectivity index is 2.13. The van der Waals surface area contributed by atoms with E-state index in [1.807, 2.05) is 0 Å². The number of aromatic amines is 1. The molecule has 1 aliphatic rings. The van der Waals surface area contributed by atoms with E-state index in [4.69, 9.17) is 18.5 Å². The standard InChI is InChI=1S/C18H31N2O10PS/c1-11(2)29-31(24,30-12(3)4)10-32(25,26)9-7-13-15(22)16(27-5)17(28-13)20-8-6-14(21)19-18(20)23/h6,8,11-13,15-17,22H,7,9-10H2,1-5H3,(H,19,21,23)/t13-,15-,16-,17-/m1/s1. The number of nitrogens with zero attached hydrogens (tertiary/aromatic N) is 1. The average molecular weight is 498 g/mol. The topological polar surface area (TPSA) is 163 Å². The zero-order valence-electron chi connectivity index (χ0n) is 18.7. The summed E-state index contributed by atoms with van der Waals surface area (Å²) in [6.45, 7) is 6.48. The van der Waals surface area contributed by atoms with Crippen LogP contribution < -0.4 is 11.2 Å². The van der Waals surface area contributed by atoms with Gasteiger partial charge in [0.2, 0.25) is 0 Å². The third-order valence-electron chi connectivity index (χ3n) is 4.52. The fraction of sp³-hybridized carbons (Fsp3) is 0.778. The molecule has 2 rings (SSSR count). The first-order valence-corrected chi connectivity index (χ1v) is 13.7. The van der Waals surface area contributed by atoms with Gasteiger partial charge in [-0.25, -0.2) is 13.2 Å². The van der Waals surface area contributed by atoms with E-state index in [0.717, 1.165) is 10.6 Å². The van der Waals surface area contributed by atoms with E-state index in [-0.39, 0.29) is 6.42 Å². The second-order valence-electron chi connectivity index (χ2n) is 8.06. The Morgan fingerprint density at radius 2 is 1.81 bits per heavy atom. The maximum Gasteiger partial charge on any atom is 0.346 e. The second kappa shape index (κ2) is 10.7. The van der Waals surface area contributed by atoms with Crippen molar-refractivity contribution in [3.8, 4) is 0 Å². The van der Waals surface area contributed by atoms with Gasteiger partial charge in [0.05, 0.1) is 24.1 Å². The van der Waals surface area contributed by atoms with Gasteiger partial charge < -0.3 is 23.6 Å². The molecular formula is C18H31N2O10PS. The molecule has 0 aliphatic carbocycles. The lowest BCUT2D eigenvalue weighted by Gasteiger charge is -2.23. The molecule has 0 amide bonds. The maximum absolute atomic E-state index is 12.9. The lowest BCUT2D eigenvalue weighted by Crippen LogP contribution is -2.38. The van der Waals surface area contributed by atoms with Gasteiger partial charge in [-0.3, -0.25) is 18.9 Å². The van der Waals surface area contributed by atoms with Crippen LogP contribution in [0.4, 0.5) is 0 Å². The van der Waals surface area contributed by atoms with E-state index in [9.17, 15) is 27.7 Å². The molecule has 184 valence electrons. The lowest BCUT2D eigenvalue weighted by atomic mass is 10.1. The molecule has 0 aromatic carbocycles. The Morgan fingerprint density at radius 3 is 2.31 bits per heavy atom. The Bertz CT molecular complexity index is 1020. The highest BCUT2D eigenvalue weighted by Gasteiger charge is 2.46. The molecule has 1 fully saturated rings. The fourth-order valence-corrected chi connectivity index (χ4v) is 8.25. The highest BCUT2D eigenvalue weighted by Crippen LogP contribution is 2.51. The zero-order chi connectivity index (χ0) is 24.3. The molecule has 1 aliphatic heterocycles. The van der Waals surface area contributed by atoms with Crippen LogP contribution in [0.1, 0.15) is 40.3 Å². The minimum Gasteiger partial charge on any atom is -0.388 e. The van der Waals surface area contributed by atoms with E-state index in [1.165, 1.54) is 13.3 Å². The van der Waals surface area contributed by atoms with E-state index < -0.39 is 76.7 Å². The largest absolute Gasteiger partial charge is 0.388 e. The third kappa shape index (κ3) is 7.08. The van der Waals surface area contributed by atoms with Crippen LogP contribution in [0.25, 0.3) is 0 Å². The number of aromatic nitrogens is 2. The molecule has 32 heavy (non-hydrogen) atoms. The zero-order valence-corrected chi connectivity index (χ0v) is 20.4. The summed E-state index contributed by atoms with van der Waals surface area (Å²) in [5.41, 5.74) is -2.17. The summed E-state index contributed by atoms with van der Waals surface area (Å²) in [5, 5.41) is 10.6. The van der Waals surface area contributed by atoms with E-state index in [2.05, 4.69) is 4.98 Å². The molecular weight excluding hydrogens is 467 g/mol. The molecule has 12 nitrogen and oxygen atoms in total. The molecule has 0 radical (unpaired) electrons. The summed E-state index contributed by atoms with van der Waals surface area (Å²) in [4.78, 5) is 25.5. The van der Waals surface area contributed by atoms with Crippen molar-refractivity contribution in [2.75, 3.05) is 18.4 Å². The molecule has 0 unspecified atom stereocenters. The minimum absolute atomic E-state index is 0.151. The van der Waals surface area contributed by atoms with E-state index in [0.29, 0.717) is 0 Å². The molecule has 1 saturated heterocycles. The molecule has 14 heteroatoms. The molecule has 0 bridgehead atoms. The van der Waals surface area contributed by atoms with Crippen molar-refractivity contribution in [2.45, 2.75) is 70.9 Å². The molecule has 1 aromatic heterocycles. The van der Waals surface area contributed by atoms with Crippen LogP contribution in [-0.2, 0) is 32.9 Å². The van der Waals surface area contributed by atoms with Gasteiger partial charge in [-0.05, 0) is 34.1 Å². The van der Waals surface area contributed by atoms with Crippen LogP contribution in [0, 0.1) is 0 Å². The summed E-state index contributed by atoms with van der Waals surface area (Å²) in [7, 11) is -6.53. The SMILES string of the molecule is CO[C@@H]1[C@H](O)[C@@H](CCS(=O)(=O)CP(=O)(OC(C)C)OC(C)C)O[C@H]1n1ccc(=O)[nH]c1=O. The third-order valence-corrected chi connectivity index (χ3v) is 9.70. The van der Waals surface area contributed by atoms with Crippen molar-refractivity contribution in [1.29, 1.82) is 0 Å². The number of hydrogen-bond donors (Lipinski definition) is 2. The summed E-state index contributed by atoms with van der Waals surface area (Å²) in [6.07, 6.45) is -4.26. The Morgan fingerprint density at radius 1 is 1.22 bits per heavy atom. The lowest BCUT2D eigenvalue weighted by molar-refractivity contribution is -0.0541. The second-order valence-corrected chi connectivity index (χ2v) is 12.6. The highest BCUT2D eigenvalue weighted by atomic mass is 32.2. The number of aliphatic hydroxyl groups is 1. The quantitative estimate of drug-likeness (QED) is 0.413. The van der Waals surface area contributed by atoms with Crippen LogP contribution in [0.5, 0.6) is 0 Å². The Kier molecular flexibility index (Phi) is 9.02. The van der Waals surface area contributed by atoms with Crippen molar-refractivity contribution in [1.82, 2.24) is 9.55 Å². The normalized spacial score (nSPS) is 24.5. The number of aliphatic hydroxyl groups excluding tert-OH is 1. The molecule has 2 heterocycles. The van der Waals surface area contributed by atoms with E-state index >= 15 is 0 Å². The summed E-state index contributed by atoms with van der Waals surface area (Å²) < 4.78 is 60.9. The number of hydrogen-bond acceptors (Lipinski definition) is 10. The summed E-state index contributed by atoms with van der Waals surface area (Å²) in [6, 6.07) is 1.11. The first-order valence-electron chi connectivity index (χ1n) is 10.1. The van der Waals surface area contributed by atoms with Gasteiger partial charge in [-0.15, -0.1) is 0 Å². The summed E-state index contributed by atoms with van der Waals surface area (Å²) >= 11 is 0. The molecule has 0 saturated carbocycles. The van der Waals surface area contributed by atoms with E-state index in [1.54, 1.807) is 27.7 Å². The van der Waals surface area contributed by atoms with Gasteiger partial charge in [0.25, 0.3) is 5.56 Å². The Hall–Kier alpha value is -1.34. The number of sulfone groups is 1. The minimum atomic E-state index is -3.92. The molecule has 4 atom stereocenters. The molecule has 2 N–H and O–H groups in total. The number of nitrogens with one attached hydrogen (secondary N) is 1. The predicted molar refractivity (Wildman–Crippen MR) is 115 cm³/mol. The maximum atomic E-state index is 12.9. The van der Waals surface area contributed by atoms with Crippen molar-refractivity contribution in [2.24, 2.45) is 0 Å². The van der Waals surface area contributed by atoms with Crippen molar-refractivity contribution in [3.05, 3.63) is 33.1 Å². The molecule has 0 spiro atoms. The van der Waals surface area contributed by atoms with Gasteiger partial charge in [-0.1, -0.05) is 0 Å². The number of H-pyrrole nitrogens is 1. The van der Waals surface area contributed by atoms with Gasteiger partial charge in [0.15, 0.2) is 21.6 Å². The monoisotopic (exact) mass is 498 g/mol.